The Morgan fingerprint density at radius 1 is 1.04 bits per heavy atom. The van der Waals surface area contributed by atoms with Gasteiger partial charge >= 0.3 is 0 Å². The lowest BCUT2D eigenvalue weighted by Crippen LogP contribution is -2.23. The number of H-pyrrole nitrogens is 1. The minimum absolute atomic E-state index is 0.0721. The Morgan fingerprint density at radius 3 is 2.54 bits per heavy atom. The van der Waals surface area contributed by atoms with E-state index in [0.29, 0.717) is 10.0 Å². The van der Waals surface area contributed by atoms with Crippen LogP contribution in [0.15, 0.2) is 65.7 Å². The van der Waals surface area contributed by atoms with E-state index >= 15 is 0 Å². The van der Waals surface area contributed by atoms with Crippen LogP contribution in [-0.2, 0) is 16.6 Å². The molecule has 28 heavy (non-hydrogen) atoms. The summed E-state index contributed by atoms with van der Waals surface area (Å²) in [5.74, 6) is 0. The Labute approximate surface area is 166 Å². The second-order valence-corrected chi connectivity index (χ2v) is 8.99. The molecule has 0 bridgehead atoms. The molecule has 0 aliphatic carbocycles. The number of nitrogens with one attached hydrogen (secondary N) is 2. The zero-order chi connectivity index (χ0) is 19.6. The molecule has 0 saturated carbocycles. The van der Waals surface area contributed by atoms with Crippen molar-refractivity contribution < 1.29 is 8.42 Å². The molecule has 4 rings (SSSR count). The summed E-state index contributed by atoms with van der Waals surface area (Å²) in [5, 5.41) is 16.6. The highest BCUT2D eigenvalue weighted by molar-refractivity contribution is 7.89. The van der Waals surface area contributed by atoms with E-state index in [1.807, 2.05) is 37.3 Å². The zero-order valence-electron chi connectivity index (χ0n) is 15.0. The topological polar surface area (TPSA) is 101 Å². The first-order valence-corrected chi connectivity index (χ1v) is 10.8. The molecule has 2 aromatic heterocycles. The molecule has 0 spiro atoms. The third-order valence-electron chi connectivity index (χ3n) is 4.15. The molecule has 142 valence electrons. The van der Waals surface area contributed by atoms with Gasteiger partial charge in [0.1, 0.15) is 10.7 Å². The standard InChI is InChI=1S/C19H17N5O2S2/c1-13-7-9-15(10-8-13)28(25,26)21-12-17-22-24-19(27-17)18-16(11-20-23-18)14-5-3-2-4-6-14/h2-11,21H,12H2,1H3,(H,20,23). The van der Waals surface area contributed by atoms with Gasteiger partial charge in [-0.3, -0.25) is 5.10 Å². The number of aromatic amines is 1. The summed E-state index contributed by atoms with van der Waals surface area (Å²) in [4.78, 5) is 0.225. The molecule has 0 atom stereocenters. The maximum atomic E-state index is 12.4. The smallest absolute Gasteiger partial charge is 0.240 e. The number of rotatable bonds is 6. The summed E-state index contributed by atoms with van der Waals surface area (Å²) in [6.45, 7) is 1.98. The van der Waals surface area contributed by atoms with Crippen molar-refractivity contribution in [2.75, 3.05) is 0 Å². The number of benzene rings is 2. The fourth-order valence-corrected chi connectivity index (χ4v) is 4.54. The number of nitrogens with zero attached hydrogens (tertiary/aromatic N) is 3. The van der Waals surface area contributed by atoms with Crippen molar-refractivity contribution in [1.82, 2.24) is 25.1 Å². The van der Waals surface area contributed by atoms with Crippen molar-refractivity contribution in [1.29, 1.82) is 0 Å². The molecule has 9 heteroatoms. The van der Waals surface area contributed by atoms with Crippen LogP contribution in [-0.4, -0.2) is 28.8 Å². The van der Waals surface area contributed by atoms with E-state index in [2.05, 4.69) is 25.1 Å². The van der Waals surface area contributed by atoms with Crippen LogP contribution in [0, 0.1) is 6.92 Å². The third kappa shape index (κ3) is 3.86. The highest BCUT2D eigenvalue weighted by Crippen LogP contribution is 2.31. The van der Waals surface area contributed by atoms with E-state index in [9.17, 15) is 8.42 Å². The highest BCUT2D eigenvalue weighted by atomic mass is 32.2. The summed E-state index contributed by atoms with van der Waals surface area (Å²) in [6.07, 6.45) is 1.74. The van der Waals surface area contributed by atoms with Gasteiger partial charge in [-0.2, -0.15) is 5.10 Å². The lowest BCUT2D eigenvalue weighted by molar-refractivity contribution is 0.581. The Morgan fingerprint density at radius 2 is 1.79 bits per heavy atom. The van der Waals surface area contributed by atoms with Gasteiger partial charge in [0.15, 0.2) is 5.01 Å². The summed E-state index contributed by atoms with van der Waals surface area (Å²) >= 11 is 1.32. The van der Waals surface area contributed by atoms with E-state index in [1.54, 1.807) is 30.5 Å². The van der Waals surface area contributed by atoms with Crippen molar-refractivity contribution in [2.45, 2.75) is 18.4 Å². The van der Waals surface area contributed by atoms with Crippen molar-refractivity contribution >= 4 is 21.4 Å². The second kappa shape index (κ2) is 7.63. The van der Waals surface area contributed by atoms with Gasteiger partial charge in [0, 0.05) is 5.56 Å². The van der Waals surface area contributed by atoms with Crippen LogP contribution in [0.4, 0.5) is 0 Å². The molecule has 0 unspecified atom stereocenters. The van der Waals surface area contributed by atoms with Crippen molar-refractivity contribution in [3.63, 3.8) is 0 Å². The number of aryl methyl sites for hydroxylation is 1. The van der Waals surface area contributed by atoms with E-state index < -0.39 is 10.0 Å². The molecule has 2 aromatic carbocycles. The van der Waals surface area contributed by atoms with Gasteiger partial charge in [-0.15, -0.1) is 10.2 Å². The van der Waals surface area contributed by atoms with Crippen LogP contribution >= 0.6 is 11.3 Å². The lowest BCUT2D eigenvalue weighted by Gasteiger charge is -2.05. The van der Waals surface area contributed by atoms with E-state index in [1.165, 1.54) is 11.3 Å². The molecule has 2 heterocycles. The Balaban J connectivity index is 1.52. The summed E-state index contributed by atoms with van der Waals surface area (Å²) in [7, 11) is -3.60. The second-order valence-electron chi connectivity index (χ2n) is 6.16. The minimum Gasteiger partial charge on any atom is -0.275 e. The summed E-state index contributed by atoms with van der Waals surface area (Å²) in [5.41, 5.74) is 3.70. The van der Waals surface area contributed by atoms with Gasteiger partial charge in [0.05, 0.1) is 17.6 Å². The molecule has 4 aromatic rings. The largest absolute Gasteiger partial charge is 0.275 e. The van der Waals surface area contributed by atoms with E-state index in [4.69, 9.17) is 0 Å². The quantitative estimate of drug-likeness (QED) is 0.507. The molecular weight excluding hydrogens is 394 g/mol. The van der Waals surface area contributed by atoms with E-state index in [0.717, 1.165) is 22.4 Å². The zero-order valence-corrected chi connectivity index (χ0v) is 16.6. The van der Waals surface area contributed by atoms with Crippen molar-refractivity contribution in [2.24, 2.45) is 0 Å². The molecule has 0 aliphatic rings. The predicted molar refractivity (Wildman–Crippen MR) is 108 cm³/mol. The van der Waals surface area contributed by atoms with Gasteiger partial charge in [-0.1, -0.05) is 59.4 Å². The first-order chi connectivity index (χ1) is 13.5. The average Bonchev–Trinajstić information content (AvgIpc) is 3.37. The minimum atomic E-state index is -3.60. The Hall–Kier alpha value is -2.88. The number of sulfonamides is 1. The van der Waals surface area contributed by atoms with Gasteiger partial charge in [-0.25, -0.2) is 13.1 Å². The molecule has 7 nitrogen and oxygen atoms in total. The maximum Gasteiger partial charge on any atom is 0.240 e. The summed E-state index contributed by atoms with van der Waals surface area (Å²) in [6, 6.07) is 16.5. The first-order valence-electron chi connectivity index (χ1n) is 8.51. The molecule has 0 radical (unpaired) electrons. The molecular formula is C19H17N5O2S2. The molecule has 2 N–H and O–H groups in total. The molecule has 0 aliphatic heterocycles. The number of hydrogen-bond donors (Lipinski definition) is 2. The lowest BCUT2D eigenvalue weighted by atomic mass is 10.1. The normalized spacial score (nSPS) is 11.6. The third-order valence-corrected chi connectivity index (χ3v) is 6.51. The van der Waals surface area contributed by atoms with E-state index in [-0.39, 0.29) is 11.4 Å². The number of aromatic nitrogens is 4. The fraction of sp³-hybridized carbons (Fsp3) is 0.105. The first kappa shape index (κ1) is 18.5. The monoisotopic (exact) mass is 411 g/mol. The van der Waals surface area contributed by atoms with Crippen LogP contribution in [0.1, 0.15) is 10.6 Å². The van der Waals surface area contributed by atoms with Crippen LogP contribution in [0.25, 0.3) is 21.8 Å². The van der Waals surface area contributed by atoms with Crippen LogP contribution < -0.4 is 4.72 Å². The Kier molecular flexibility index (Phi) is 5.03. The van der Waals surface area contributed by atoms with Gasteiger partial charge in [-0.05, 0) is 24.6 Å². The van der Waals surface area contributed by atoms with Gasteiger partial charge in [0.25, 0.3) is 0 Å². The molecule has 0 fully saturated rings. The van der Waals surface area contributed by atoms with Crippen molar-refractivity contribution in [3.8, 4) is 21.8 Å². The van der Waals surface area contributed by atoms with Crippen LogP contribution in [0.3, 0.4) is 0 Å². The van der Waals surface area contributed by atoms with Crippen LogP contribution in [0.2, 0.25) is 0 Å². The molecule has 0 saturated heterocycles. The highest BCUT2D eigenvalue weighted by Gasteiger charge is 2.17. The average molecular weight is 412 g/mol. The summed E-state index contributed by atoms with van der Waals surface area (Å²) < 4.78 is 27.4. The van der Waals surface area contributed by atoms with Crippen molar-refractivity contribution in [3.05, 3.63) is 71.4 Å². The van der Waals surface area contributed by atoms with Crippen LogP contribution in [0.5, 0.6) is 0 Å². The molecule has 0 amide bonds. The maximum absolute atomic E-state index is 12.4. The fourth-order valence-electron chi connectivity index (χ4n) is 2.67. The number of hydrogen-bond acceptors (Lipinski definition) is 6. The van der Waals surface area contributed by atoms with Gasteiger partial charge in [0.2, 0.25) is 10.0 Å². The Bertz CT molecular complexity index is 1180. The van der Waals surface area contributed by atoms with Gasteiger partial charge < -0.3 is 0 Å². The SMILES string of the molecule is Cc1ccc(S(=O)(=O)NCc2nnc(-c3[nH]ncc3-c3ccccc3)s2)cc1. The predicted octanol–water partition coefficient (Wildman–Crippen LogP) is 3.38.